The predicted molar refractivity (Wildman–Crippen MR) is 121 cm³/mol. The van der Waals surface area contributed by atoms with Crippen LogP contribution in [0.15, 0.2) is 42.5 Å². The maximum atomic E-state index is 13.4. The number of amides is 1. The summed E-state index contributed by atoms with van der Waals surface area (Å²) >= 11 is 0. The number of nitrogens with one attached hydrogen (secondary N) is 1. The molecule has 1 aromatic heterocycles. The molecule has 9 heteroatoms. The summed E-state index contributed by atoms with van der Waals surface area (Å²) < 4.78 is 21.6. The van der Waals surface area contributed by atoms with Crippen molar-refractivity contribution in [2.75, 3.05) is 34.5 Å². The zero-order valence-corrected chi connectivity index (χ0v) is 19.0. The highest BCUT2D eigenvalue weighted by Crippen LogP contribution is 2.44. The summed E-state index contributed by atoms with van der Waals surface area (Å²) in [5.74, 6) is 0.891. The van der Waals surface area contributed by atoms with E-state index in [1.54, 1.807) is 30.2 Å². The first-order valence-electron chi connectivity index (χ1n) is 10.6. The number of hydrogen-bond acceptors (Lipinski definition) is 7. The molecule has 1 atom stereocenters. The Kier molecular flexibility index (Phi) is 6.52. The molecule has 0 spiro atoms. The zero-order valence-electron chi connectivity index (χ0n) is 19.0. The summed E-state index contributed by atoms with van der Waals surface area (Å²) in [4.78, 5) is 15.1. The van der Waals surface area contributed by atoms with Gasteiger partial charge in [-0.15, -0.1) is 0 Å². The molecule has 0 aliphatic carbocycles. The summed E-state index contributed by atoms with van der Waals surface area (Å²) in [6.07, 6.45) is -0.610. The van der Waals surface area contributed by atoms with E-state index in [0.29, 0.717) is 23.7 Å². The van der Waals surface area contributed by atoms with Crippen molar-refractivity contribution in [3.63, 3.8) is 0 Å². The highest BCUT2D eigenvalue weighted by Gasteiger charge is 2.43. The first-order valence-corrected chi connectivity index (χ1v) is 10.6. The smallest absolute Gasteiger partial charge is 0.273 e. The second kappa shape index (κ2) is 9.51. The quantitative estimate of drug-likeness (QED) is 0.479. The van der Waals surface area contributed by atoms with E-state index < -0.39 is 12.3 Å². The van der Waals surface area contributed by atoms with Gasteiger partial charge in [0.05, 0.1) is 32.0 Å². The van der Waals surface area contributed by atoms with Crippen molar-refractivity contribution in [3.8, 4) is 28.5 Å². The molecule has 2 aromatic carbocycles. The number of fused-ring (bicyclic) bond motifs is 1. The first-order chi connectivity index (χ1) is 16.0. The maximum absolute atomic E-state index is 13.4. The van der Waals surface area contributed by atoms with Gasteiger partial charge in [0.25, 0.3) is 5.91 Å². The molecule has 0 bridgehead atoms. The Labute approximate surface area is 191 Å². The van der Waals surface area contributed by atoms with E-state index in [4.69, 9.17) is 18.9 Å². The van der Waals surface area contributed by atoms with Crippen LogP contribution in [0, 0.1) is 0 Å². The van der Waals surface area contributed by atoms with Crippen molar-refractivity contribution in [1.82, 2.24) is 15.1 Å². The summed E-state index contributed by atoms with van der Waals surface area (Å²) in [5.41, 5.74) is 3.41. The molecule has 33 heavy (non-hydrogen) atoms. The van der Waals surface area contributed by atoms with E-state index in [-0.39, 0.29) is 18.2 Å². The van der Waals surface area contributed by atoms with E-state index in [0.717, 1.165) is 22.4 Å². The van der Waals surface area contributed by atoms with E-state index in [2.05, 4.69) is 10.2 Å². The van der Waals surface area contributed by atoms with Crippen LogP contribution in [0.5, 0.6) is 17.2 Å². The molecule has 2 heterocycles. The van der Waals surface area contributed by atoms with Crippen molar-refractivity contribution >= 4 is 5.91 Å². The van der Waals surface area contributed by atoms with E-state index in [1.807, 2.05) is 31.2 Å². The first kappa shape index (κ1) is 22.6. The number of aromatic amines is 1. The van der Waals surface area contributed by atoms with Crippen LogP contribution in [0.2, 0.25) is 0 Å². The Hall–Kier alpha value is -3.56. The minimum atomic E-state index is -0.610. The van der Waals surface area contributed by atoms with Crippen LogP contribution in [0.25, 0.3) is 11.3 Å². The normalized spacial score (nSPS) is 15.2. The summed E-state index contributed by atoms with van der Waals surface area (Å²) in [6.45, 7) is 2.44. The van der Waals surface area contributed by atoms with Crippen molar-refractivity contribution in [2.45, 2.75) is 19.3 Å². The fraction of sp³-hybridized carbons (Fsp3) is 0.333. The lowest BCUT2D eigenvalue weighted by Crippen LogP contribution is -2.38. The lowest BCUT2D eigenvalue weighted by molar-refractivity contribution is -0.113. The van der Waals surface area contributed by atoms with Crippen molar-refractivity contribution in [1.29, 1.82) is 0 Å². The monoisotopic (exact) mass is 453 g/mol. The number of phenolic OH excluding ortho intramolecular Hbond substituents is 1. The van der Waals surface area contributed by atoms with Crippen molar-refractivity contribution in [3.05, 3.63) is 59.3 Å². The molecular weight excluding hydrogens is 426 g/mol. The van der Waals surface area contributed by atoms with E-state index in [1.165, 1.54) is 14.2 Å². The third-order valence-corrected chi connectivity index (χ3v) is 5.70. The van der Waals surface area contributed by atoms with Gasteiger partial charge in [-0.1, -0.05) is 6.07 Å². The standard InChI is InChI=1S/C24H27N3O6/c1-5-33-18-12-15(8-11-17(18)28)23-20-21(14-6-9-16(30-2)10-7-14)25-26-22(20)24(29)27(23)13-19(31-3)32-4/h6-12,19,23,28H,5,13H2,1-4H3,(H,25,26). The van der Waals surface area contributed by atoms with Crippen LogP contribution < -0.4 is 9.47 Å². The molecule has 3 aromatic rings. The van der Waals surface area contributed by atoms with Crippen LogP contribution in [0.1, 0.15) is 34.6 Å². The minimum Gasteiger partial charge on any atom is -0.504 e. The van der Waals surface area contributed by atoms with Crippen LogP contribution in [0.3, 0.4) is 0 Å². The molecule has 2 N–H and O–H groups in total. The topological polar surface area (TPSA) is 106 Å². The number of nitrogens with zero attached hydrogens (tertiary/aromatic N) is 2. The van der Waals surface area contributed by atoms with Crippen LogP contribution in [-0.4, -0.2) is 66.9 Å². The highest BCUT2D eigenvalue weighted by molar-refractivity contribution is 6.00. The van der Waals surface area contributed by atoms with Crippen LogP contribution >= 0.6 is 0 Å². The van der Waals surface area contributed by atoms with Crippen LogP contribution in [0.4, 0.5) is 0 Å². The van der Waals surface area contributed by atoms with E-state index in [9.17, 15) is 9.90 Å². The number of aromatic hydroxyl groups is 1. The Bertz CT molecular complexity index is 1120. The third kappa shape index (κ3) is 4.12. The second-order valence-corrected chi connectivity index (χ2v) is 7.51. The summed E-state index contributed by atoms with van der Waals surface area (Å²) in [7, 11) is 4.67. The molecule has 0 radical (unpaired) electrons. The summed E-state index contributed by atoms with van der Waals surface area (Å²) in [6, 6.07) is 12.1. The van der Waals surface area contributed by atoms with Gasteiger partial charge in [0.15, 0.2) is 17.8 Å². The largest absolute Gasteiger partial charge is 0.504 e. The Balaban J connectivity index is 1.85. The molecule has 0 fully saturated rings. The number of carbonyl (C=O) groups excluding carboxylic acids is 1. The van der Waals surface area contributed by atoms with Gasteiger partial charge in [-0.05, 0) is 48.9 Å². The zero-order chi connectivity index (χ0) is 23.5. The average Bonchev–Trinajstić information content (AvgIpc) is 3.38. The lowest BCUT2D eigenvalue weighted by Gasteiger charge is -2.29. The van der Waals surface area contributed by atoms with Gasteiger partial charge in [-0.2, -0.15) is 5.10 Å². The molecule has 0 saturated carbocycles. The molecule has 1 amide bonds. The van der Waals surface area contributed by atoms with Gasteiger partial charge >= 0.3 is 0 Å². The molecule has 174 valence electrons. The maximum Gasteiger partial charge on any atom is 0.273 e. The minimum absolute atomic E-state index is 0.0333. The molecule has 4 rings (SSSR count). The number of ether oxygens (including phenoxy) is 4. The molecule has 1 aliphatic rings. The lowest BCUT2D eigenvalue weighted by atomic mass is 9.95. The Morgan fingerprint density at radius 3 is 2.48 bits per heavy atom. The van der Waals surface area contributed by atoms with Crippen LogP contribution in [-0.2, 0) is 9.47 Å². The molecular formula is C24H27N3O6. The molecule has 1 unspecified atom stereocenters. The number of aromatic nitrogens is 2. The van der Waals surface area contributed by atoms with Gasteiger partial charge in [0.2, 0.25) is 0 Å². The van der Waals surface area contributed by atoms with Gasteiger partial charge < -0.3 is 29.0 Å². The number of H-pyrrole nitrogens is 1. The number of phenols is 1. The average molecular weight is 453 g/mol. The number of hydrogen-bond donors (Lipinski definition) is 2. The highest BCUT2D eigenvalue weighted by atomic mass is 16.7. The number of benzene rings is 2. The van der Waals surface area contributed by atoms with Crippen molar-refractivity contribution < 1.29 is 28.8 Å². The predicted octanol–water partition coefficient (Wildman–Crippen LogP) is 3.35. The fourth-order valence-electron chi connectivity index (χ4n) is 4.08. The Morgan fingerprint density at radius 2 is 1.85 bits per heavy atom. The van der Waals surface area contributed by atoms with Crippen molar-refractivity contribution in [2.24, 2.45) is 0 Å². The SMILES string of the molecule is CCOc1cc(C2c3c(-c4ccc(OC)cc4)n[nH]c3C(=O)N2CC(OC)OC)ccc1O. The molecule has 0 saturated heterocycles. The van der Waals surface area contributed by atoms with E-state index >= 15 is 0 Å². The Morgan fingerprint density at radius 1 is 1.12 bits per heavy atom. The number of methoxy groups -OCH3 is 3. The second-order valence-electron chi connectivity index (χ2n) is 7.51. The number of rotatable bonds is 9. The number of carbonyl (C=O) groups is 1. The molecule has 9 nitrogen and oxygen atoms in total. The summed E-state index contributed by atoms with van der Waals surface area (Å²) in [5, 5.41) is 17.6. The third-order valence-electron chi connectivity index (χ3n) is 5.70. The van der Waals surface area contributed by atoms with Gasteiger partial charge in [0, 0.05) is 25.3 Å². The van der Waals surface area contributed by atoms with Gasteiger partial charge in [-0.25, -0.2) is 0 Å². The molecule has 1 aliphatic heterocycles. The van der Waals surface area contributed by atoms with Gasteiger partial charge in [0.1, 0.15) is 11.4 Å². The van der Waals surface area contributed by atoms with Gasteiger partial charge in [-0.3, -0.25) is 9.89 Å². The fourth-order valence-corrected chi connectivity index (χ4v) is 4.08.